The van der Waals surface area contributed by atoms with Crippen LogP contribution >= 0.6 is 11.6 Å². The van der Waals surface area contributed by atoms with Crippen LogP contribution in [0.4, 0.5) is 8.78 Å². The highest BCUT2D eigenvalue weighted by Gasteiger charge is 2.56. The molecule has 0 radical (unpaired) electrons. The van der Waals surface area contributed by atoms with E-state index in [-0.39, 0.29) is 52.1 Å². The highest BCUT2D eigenvalue weighted by molar-refractivity contribution is 7.90. The first-order valence-electron chi connectivity index (χ1n) is 11.6. The van der Waals surface area contributed by atoms with E-state index in [1.165, 1.54) is 11.0 Å². The summed E-state index contributed by atoms with van der Waals surface area (Å²) >= 11 is 5.70. The largest absolute Gasteiger partial charge is 0.381 e. The van der Waals surface area contributed by atoms with Crippen molar-refractivity contribution in [2.75, 3.05) is 19.5 Å². The maximum Gasteiger partial charge on any atom is 0.254 e. The topological polar surface area (TPSA) is 92.8 Å². The Balaban J connectivity index is 1.42. The van der Waals surface area contributed by atoms with E-state index in [2.05, 4.69) is 5.32 Å². The van der Waals surface area contributed by atoms with Crippen molar-refractivity contribution in [1.82, 2.24) is 10.2 Å². The van der Waals surface area contributed by atoms with Crippen molar-refractivity contribution in [3.63, 3.8) is 0 Å². The van der Waals surface area contributed by atoms with Crippen LogP contribution < -0.4 is 5.32 Å². The van der Waals surface area contributed by atoms with Crippen LogP contribution in [0.1, 0.15) is 40.4 Å². The number of piperidine rings is 1. The average Bonchev–Trinajstić information content (AvgIpc) is 3.43. The smallest absolute Gasteiger partial charge is 0.254 e. The monoisotopic (exact) mass is 538 g/mol. The number of amides is 2. The Morgan fingerprint density at radius 3 is 2.50 bits per heavy atom. The first kappa shape index (κ1) is 25.1. The lowest BCUT2D eigenvalue weighted by molar-refractivity contribution is -0.128. The number of fused-ring (bicyclic) bond motifs is 1. The molecule has 2 aliphatic heterocycles. The van der Waals surface area contributed by atoms with Gasteiger partial charge < -0.3 is 15.0 Å². The minimum Gasteiger partial charge on any atom is -0.381 e. The number of benzene rings is 2. The number of hydrogen-bond donors (Lipinski definition) is 1. The SMILES string of the molecule is Cc1ccc(C(=O)N2[C@@H](C(=O)N[C@@H](c3cc(F)c(Cl)cc3F)C3COC3)C[C@H]3C[C@H]32)cc1S(C)(=O)=O. The number of carbonyl (C=O) groups excluding carboxylic acids is 2. The molecule has 0 unspecified atom stereocenters. The second kappa shape index (κ2) is 9.08. The molecule has 0 bridgehead atoms. The van der Waals surface area contributed by atoms with Crippen molar-refractivity contribution < 1.29 is 31.5 Å². The number of nitrogens with zero attached hydrogens (tertiary/aromatic N) is 1. The maximum absolute atomic E-state index is 14.7. The molecular weight excluding hydrogens is 514 g/mol. The molecule has 5 rings (SSSR count). The van der Waals surface area contributed by atoms with Crippen LogP contribution in [0.15, 0.2) is 35.2 Å². The number of hydrogen-bond acceptors (Lipinski definition) is 5. The predicted molar refractivity (Wildman–Crippen MR) is 127 cm³/mol. The molecule has 3 aliphatic rings. The standard InChI is InChI=1S/C25H25ClF2N2O5S/c1-12-3-4-13(7-22(12)36(2,33)34)25(32)30-20-5-14(20)6-21(30)24(31)29-23(15-10-35-11-15)16-8-19(28)17(26)9-18(16)27/h3-4,7-9,14-15,20-21,23H,5-6,10-11H2,1-2H3,(H,29,31)/t14-,20-,21-,23-/m1/s1. The lowest BCUT2D eigenvalue weighted by Crippen LogP contribution is -2.51. The highest BCUT2D eigenvalue weighted by Crippen LogP contribution is 2.48. The maximum atomic E-state index is 14.7. The van der Waals surface area contributed by atoms with Gasteiger partial charge in [-0.2, -0.15) is 0 Å². The van der Waals surface area contributed by atoms with Gasteiger partial charge in [-0.3, -0.25) is 9.59 Å². The van der Waals surface area contributed by atoms with Gasteiger partial charge in [0.05, 0.1) is 29.2 Å². The van der Waals surface area contributed by atoms with Gasteiger partial charge in [-0.1, -0.05) is 17.7 Å². The third kappa shape index (κ3) is 4.50. The van der Waals surface area contributed by atoms with Crippen molar-refractivity contribution in [3.8, 4) is 0 Å². The molecule has 1 aliphatic carbocycles. The number of likely N-dealkylation sites (tertiary alicyclic amines) is 1. The summed E-state index contributed by atoms with van der Waals surface area (Å²) < 4.78 is 58.4. The molecule has 4 atom stereocenters. The van der Waals surface area contributed by atoms with E-state index in [0.29, 0.717) is 12.0 Å². The number of nitrogens with one attached hydrogen (secondary N) is 1. The van der Waals surface area contributed by atoms with E-state index in [1.807, 2.05) is 0 Å². The molecule has 0 spiro atoms. The van der Waals surface area contributed by atoms with Crippen molar-refractivity contribution >= 4 is 33.3 Å². The Labute approximate surface area is 212 Å². The average molecular weight is 539 g/mol. The summed E-state index contributed by atoms with van der Waals surface area (Å²) in [5.74, 6) is -2.55. The number of aryl methyl sites for hydroxylation is 1. The predicted octanol–water partition coefficient (Wildman–Crippen LogP) is 3.44. The van der Waals surface area contributed by atoms with Gasteiger partial charge in [-0.05, 0) is 55.5 Å². The Bertz CT molecular complexity index is 1360. The van der Waals surface area contributed by atoms with E-state index < -0.39 is 45.4 Å². The summed E-state index contributed by atoms with van der Waals surface area (Å²) in [5.41, 5.74) is 0.675. The minimum absolute atomic E-state index is 0.0316. The molecule has 1 N–H and O–H groups in total. The Morgan fingerprint density at radius 1 is 1.14 bits per heavy atom. The van der Waals surface area contributed by atoms with Crippen LogP contribution in [0.3, 0.4) is 0 Å². The fourth-order valence-electron chi connectivity index (χ4n) is 5.19. The number of rotatable bonds is 6. The Morgan fingerprint density at radius 2 is 1.86 bits per heavy atom. The van der Waals surface area contributed by atoms with Crippen molar-refractivity contribution in [2.45, 2.75) is 42.8 Å². The second-order valence-electron chi connectivity index (χ2n) is 9.85. The van der Waals surface area contributed by atoms with E-state index in [0.717, 1.165) is 24.8 Å². The van der Waals surface area contributed by atoms with Gasteiger partial charge in [0.1, 0.15) is 17.7 Å². The lowest BCUT2D eigenvalue weighted by Gasteiger charge is -2.36. The van der Waals surface area contributed by atoms with Gasteiger partial charge in [0.15, 0.2) is 9.84 Å². The lowest BCUT2D eigenvalue weighted by atomic mass is 9.90. The molecule has 0 aromatic heterocycles. The van der Waals surface area contributed by atoms with Gasteiger partial charge in [-0.25, -0.2) is 17.2 Å². The first-order valence-corrected chi connectivity index (χ1v) is 13.9. The van der Waals surface area contributed by atoms with Crippen LogP contribution in [-0.4, -0.2) is 56.7 Å². The summed E-state index contributed by atoms with van der Waals surface area (Å²) in [6, 6.07) is 4.54. The van der Waals surface area contributed by atoms with Crippen LogP contribution in [0.2, 0.25) is 5.02 Å². The summed E-state index contributed by atoms with van der Waals surface area (Å²) in [5, 5.41) is 2.47. The summed E-state index contributed by atoms with van der Waals surface area (Å²) in [7, 11) is -3.55. The van der Waals surface area contributed by atoms with Gasteiger partial charge in [0, 0.05) is 29.3 Å². The summed E-state index contributed by atoms with van der Waals surface area (Å²) in [4.78, 5) is 28.5. The van der Waals surface area contributed by atoms with Gasteiger partial charge >= 0.3 is 0 Å². The Kier molecular flexibility index (Phi) is 6.33. The molecule has 2 saturated heterocycles. The molecule has 3 fully saturated rings. The van der Waals surface area contributed by atoms with Crippen molar-refractivity contribution in [2.24, 2.45) is 11.8 Å². The molecule has 11 heteroatoms. The molecule has 36 heavy (non-hydrogen) atoms. The second-order valence-corrected chi connectivity index (χ2v) is 12.2. The number of sulfone groups is 1. The van der Waals surface area contributed by atoms with Gasteiger partial charge in [0.2, 0.25) is 5.91 Å². The van der Waals surface area contributed by atoms with Crippen LogP contribution in [0.5, 0.6) is 0 Å². The van der Waals surface area contributed by atoms with E-state index in [9.17, 15) is 26.8 Å². The molecular formula is C25H25ClF2N2O5S. The molecule has 2 heterocycles. The summed E-state index contributed by atoms with van der Waals surface area (Å²) in [6.07, 6.45) is 2.28. The van der Waals surface area contributed by atoms with Crippen LogP contribution in [0.25, 0.3) is 0 Å². The first-order chi connectivity index (χ1) is 17.0. The van der Waals surface area contributed by atoms with Crippen LogP contribution in [0, 0.1) is 30.4 Å². The van der Waals surface area contributed by atoms with Crippen molar-refractivity contribution in [3.05, 3.63) is 63.7 Å². The molecule has 192 valence electrons. The van der Waals surface area contributed by atoms with Gasteiger partial charge in [-0.15, -0.1) is 0 Å². The summed E-state index contributed by atoms with van der Waals surface area (Å²) in [6.45, 7) is 2.19. The quantitative estimate of drug-likeness (QED) is 0.569. The highest BCUT2D eigenvalue weighted by atomic mass is 35.5. The third-order valence-corrected chi connectivity index (χ3v) is 8.81. The van der Waals surface area contributed by atoms with Crippen molar-refractivity contribution in [1.29, 1.82) is 0 Å². The van der Waals surface area contributed by atoms with E-state index in [1.54, 1.807) is 19.1 Å². The third-order valence-electron chi connectivity index (χ3n) is 7.28. The minimum atomic E-state index is -3.55. The molecule has 1 saturated carbocycles. The van der Waals surface area contributed by atoms with E-state index in [4.69, 9.17) is 16.3 Å². The fourth-order valence-corrected chi connectivity index (χ4v) is 6.33. The zero-order valence-corrected chi connectivity index (χ0v) is 21.2. The number of carbonyl (C=O) groups is 2. The molecule has 7 nitrogen and oxygen atoms in total. The molecule has 2 amide bonds. The Hall–Kier alpha value is -2.56. The molecule has 2 aromatic rings. The van der Waals surface area contributed by atoms with Crippen LogP contribution in [-0.2, 0) is 19.4 Å². The normalized spacial score (nSPS) is 24.1. The zero-order chi connectivity index (χ0) is 25.9. The van der Waals surface area contributed by atoms with E-state index >= 15 is 0 Å². The van der Waals surface area contributed by atoms with Gasteiger partial charge in [0.25, 0.3) is 5.91 Å². The zero-order valence-electron chi connectivity index (χ0n) is 19.6. The fraction of sp³-hybridized carbons (Fsp3) is 0.440. The number of ether oxygens (including phenoxy) is 1. The number of halogens is 3. The molecule has 2 aromatic carbocycles.